The number of hydrogen-bond acceptors (Lipinski definition) is 5. The lowest BCUT2D eigenvalue weighted by molar-refractivity contribution is 0.181. The maximum absolute atomic E-state index is 9.29. The molecule has 2 fully saturated rings. The van der Waals surface area contributed by atoms with E-state index in [0.717, 1.165) is 45.0 Å². The number of pyridine rings is 1. The highest BCUT2D eigenvalue weighted by molar-refractivity contribution is 5.58. The normalized spacial score (nSPS) is 21.7. The molecule has 1 aromatic carbocycles. The van der Waals surface area contributed by atoms with Crippen LogP contribution in [0.4, 0.5) is 5.69 Å². The van der Waals surface area contributed by atoms with Crippen LogP contribution in [0.15, 0.2) is 48.8 Å². The van der Waals surface area contributed by atoms with Crippen LogP contribution in [-0.2, 0) is 6.54 Å². The van der Waals surface area contributed by atoms with E-state index in [1.807, 2.05) is 6.07 Å². The van der Waals surface area contributed by atoms with Gasteiger partial charge in [-0.05, 0) is 18.1 Å². The van der Waals surface area contributed by atoms with Crippen LogP contribution >= 0.6 is 0 Å². The molecule has 3 heterocycles. The van der Waals surface area contributed by atoms with Crippen LogP contribution in [0, 0.1) is 11.3 Å². The lowest BCUT2D eigenvalue weighted by Crippen LogP contribution is -2.51. The predicted molar refractivity (Wildman–Crippen MR) is 103 cm³/mol. The standard InChI is InChI=1S/C21H25N5/c22-14-19-15-23-8-6-21(19)26-12-10-25(11-13-26)20-7-9-24(17-20)16-18-4-2-1-3-5-18/h1-6,8,15,20H,7,9-13,16-17H2. The van der Waals surface area contributed by atoms with E-state index in [4.69, 9.17) is 0 Å². The van der Waals surface area contributed by atoms with Crippen LogP contribution in [0.1, 0.15) is 17.5 Å². The fourth-order valence-corrected chi connectivity index (χ4v) is 4.17. The van der Waals surface area contributed by atoms with Gasteiger partial charge in [0.15, 0.2) is 0 Å². The van der Waals surface area contributed by atoms with Crippen molar-refractivity contribution < 1.29 is 0 Å². The predicted octanol–water partition coefficient (Wildman–Crippen LogP) is 2.35. The van der Waals surface area contributed by atoms with Gasteiger partial charge in [-0.15, -0.1) is 0 Å². The lowest BCUT2D eigenvalue weighted by atomic mass is 10.1. The fraction of sp³-hybridized carbons (Fsp3) is 0.429. The number of aromatic nitrogens is 1. The van der Waals surface area contributed by atoms with E-state index < -0.39 is 0 Å². The van der Waals surface area contributed by atoms with Gasteiger partial charge < -0.3 is 4.90 Å². The van der Waals surface area contributed by atoms with Gasteiger partial charge in [-0.25, -0.2) is 0 Å². The highest BCUT2D eigenvalue weighted by Gasteiger charge is 2.30. The SMILES string of the molecule is N#Cc1cnccc1N1CCN(C2CCN(Cc3ccccc3)C2)CC1. The molecule has 0 N–H and O–H groups in total. The van der Waals surface area contributed by atoms with Gasteiger partial charge in [0.05, 0.1) is 11.3 Å². The maximum atomic E-state index is 9.29. The van der Waals surface area contributed by atoms with Crippen molar-refractivity contribution in [2.45, 2.75) is 19.0 Å². The van der Waals surface area contributed by atoms with Gasteiger partial charge in [0.25, 0.3) is 0 Å². The summed E-state index contributed by atoms with van der Waals surface area (Å²) in [7, 11) is 0. The van der Waals surface area contributed by atoms with Crippen molar-refractivity contribution >= 4 is 5.69 Å². The molecule has 26 heavy (non-hydrogen) atoms. The van der Waals surface area contributed by atoms with E-state index in [9.17, 15) is 5.26 Å². The highest BCUT2D eigenvalue weighted by Crippen LogP contribution is 2.23. The van der Waals surface area contributed by atoms with Gasteiger partial charge in [-0.3, -0.25) is 14.8 Å². The molecule has 134 valence electrons. The summed E-state index contributed by atoms with van der Waals surface area (Å²) in [6.07, 6.45) is 4.70. The molecule has 1 unspecified atom stereocenters. The molecule has 5 nitrogen and oxygen atoms in total. The van der Waals surface area contributed by atoms with Gasteiger partial charge >= 0.3 is 0 Å². The number of piperazine rings is 1. The van der Waals surface area contributed by atoms with Crippen molar-refractivity contribution in [3.63, 3.8) is 0 Å². The monoisotopic (exact) mass is 347 g/mol. The van der Waals surface area contributed by atoms with E-state index in [0.29, 0.717) is 11.6 Å². The molecule has 0 aliphatic carbocycles. The average Bonchev–Trinajstić information content (AvgIpc) is 3.17. The van der Waals surface area contributed by atoms with Gasteiger partial charge in [0, 0.05) is 64.2 Å². The highest BCUT2D eigenvalue weighted by atomic mass is 15.3. The van der Waals surface area contributed by atoms with Crippen molar-refractivity contribution in [1.29, 1.82) is 5.26 Å². The first-order chi connectivity index (χ1) is 12.8. The molecule has 0 radical (unpaired) electrons. The molecule has 0 saturated carbocycles. The van der Waals surface area contributed by atoms with Crippen molar-refractivity contribution in [2.24, 2.45) is 0 Å². The Kier molecular flexibility index (Phi) is 5.14. The van der Waals surface area contributed by atoms with Crippen LogP contribution < -0.4 is 4.90 Å². The van der Waals surface area contributed by atoms with Crippen LogP contribution in [-0.4, -0.2) is 60.1 Å². The fourth-order valence-electron chi connectivity index (χ4n) is 4.17. The summed E-state index contributed by atoms with van der Waals surface area (Å²) in [5, 5.41) is 9.29. The molecule has 1 atom stereocenters. The Morgan fingerprint density at radius 2 is 1.85 bits per heavy atom. The summed E-state index contributed by atoms with van der Waals surface area (Å²) in [6.45, 7) is 7.49. The first kappa shape index (κ1) is 17.0. The molecule has 2 aromatic rings. The summed E-state index contributed by atoms with van der Waals surface area (Å²) in [5.41, 5.74) is 3.11. The molecular formula is C21H25N5. The number of anilines is 1. The van der Waals surface area contributed by atoms with Crippen LogP contribution in [0.3, 0.4) is 0 Å². The minimum Gasteiger partial charge on any atom is -0.368 e. The Labute approximate surface area is 155 Å². The van der Waals surface area contributed by atoms with Crippen LogP contribution in [0.2, 0.25) is 0 Å². The van der Waals surface area contributed by atoms with Crippen LogP contribution in [0.5, 0.6) is 0 Å². The zero-order valence-corrected chi connectivity index (χ0v) is 15.1. The second-order valence-corrected chi connectivity index (χ2v) is 7.19. The van der Waals surface area contributed by atoms with Crippen molar-refractivity contribution in [1.82, 2.24) is 14.8 Å². The Morgan fingerprint density at radius 3 is 2.62 bits per heavy atom. The van der Waals surface area contributed by atoms with Crippen molar-refractivity contribution in [3.05, 3.63) is 59.9 Å². The number of rotatable bonds is 4. The minimum absolute atomic E-state index is 0.661. The lowest BCUT2D eigenvalue weighted by Gasteiger charge is -2.39. The van der Waals surface area contributed by atoms with E-state index in [1.54, 1.807) is 12.4 Å². The molecule has 2 aliphatic heterocycles. The molecule has 5 heteroatoms. The first-order valence-electron chi connectivity index (χ1n) is 9.43. The number of likely N-dealkylation sites (tertiary alicyclic amines) is 1. The van der Waals surface area contributed by atoms with E-state index in [-0.39, 0.29) is 0 Å². The van der Waals surface area contributed by atoms with E-state index in [2.05, 4.69) is 56.1 Å². The molecule has 2 aliphatic rings. The van der Waals surface area contributed by atoms with E-state index >= 15 is 0 Å². The molecular weight excluding hydrogens is 322 g/mol. The Balaban J connectivity index is 1.31. The summed E-state index contributed by atoms with van der Waals surface area (Å²) in [6, 6.07) is 15.6. The average molecular weight is 347 g/mol. The topological polar surface area (TPSA) is 46.4 Å². The first-order valence-corrected chi connectivity index (χ1v) is 9.43. The van der Waals surface area contributed by atoms with Gasteiger partial charge in [-0.2, -0.15) is 5.26 Å². The maximum Gasteiger partial charge on any atom is 0.103 e. The van der Waals surface area contributed by atoms with Crippen molar-refractivity contribution in [2.75, 3.05) is 44.2 Å². The zero-order valence-electron chi connectivity index (χ0n) is 15.1. The summed E-state index contributed by atoms with van der Waals surface area (Å²) >= 11 is 0. The molecule has 4 rings (SSSR count). The number of nitriles is 1. The Bertz CT molecular complexity index is 761. The molecule has 2 saturated heterocycles. The minimum atomic E-state index is 0.661. The summed E-state index contributed by atoms with van der Waals surface area (Å²) in [4.78, 5) is 11.6. The second kappa shape index (κ2) is 7.86. The van der Waals surface area contributed by atoms with Gasteiger partial charge in [-0.1, -0.05) is 30.3 Å². The third kappa shape index (κ3) is 3.72. The molecule has 0 amide bonds. The number of benzene rings is 1. The Morgan fingerprint density at radius 1 is 1.04 bits per heavy atom. The zero-order chi connectivity index (χ0) is 17.8. The summed E-state index contributed by atoms with van der Waals surface area (Å²) < 4.78 is 0. The van der Waals surface area contributed by atoms with Crippen molar-refractivity contribution in [3.8, 4) is 6.07 Å². The van der Waals surface area contributed by atoms with Crippen LogP contribution in [0.25, 0.3) is 0 Å². The second-order valence-electron chi connectivity index (χ2n) is 7.19. The third-order valence-corrected chi connectivity index (χ3v) is 5.59. The largest absolute Gasteiger partial charge is 0.368 e. The third-order valence-electron chi connectivity index (χ3n) is 5.59. The number of hydrogen-bond donors (Lipinski definition) is 0. The quantitative estimate of drug-likeness (QED) is 0.850. The van der Waals surface area contributed by atoms with Gasteiger partial charge in [0.2, 0.25) is 0 Å². The summed E-state index contributed by atoms with van der Waals surface area (Å²) in [5.74, 6) is 0. The molecule has 0 bridgehead atoms. The molecule has 1 aromatic heterocycles. The molecule has 0 spiro atoms. The number of nitrogens with zero attached hydrogens (tertiary/aromatic N) is 5. The van der Waals surface area contributed by atoms with Gasteiger partial charge in [0.1, 0.15) is 6.07 Å². The smallest absolute Gasteiger partial charge is 0.103 e. The Hall–Kier alpha value is -2.42. The van der Waals surface area contributed by atoms with E-state index in [1.165, 1.54) is 18.5 Å².